The van der Waals surface area contributed by atoms with Crippen molar-refractivity contribution in [2.24, 2.45) is 0 Å². The smallest absolute Gasteiger partial charge is 0.212 e. The van der Waals surface area contributed by atoms with Crippen LogP contribution >= 0.6 is 15.9 Å². The molecule has 1 unspecified atom stereocenters. The summed E-state index contributed by atoms with van der Waals surface area (Å²) in [5, 5.41) is -0.137. The molecular weight excluding hydrogens is 302 g/mol. The zero-order chi connectivity index (χ0) is 12.0. The summed E-state index contributed by atoms with van der Waals surface area (Å²) in [5.74, 6) is 0. The Kier molecular flexibility index (Phi) is 2.80. The minimum Gasteiger partial charge on any atom is -0.212 e. The number of benzene rings is 1. The van der Waals surface area contributed by atoms with E-state index in [2.05, 4.69) is 26.7 Å². The fourth-order valence-corrected chi connectivity index (χ4v) is 4.38. The first-order chi connectivity index (χ1) is 8.06. The van der Waals surface area contributed by atoms with E-state index in [0.717, 1.165) is 35.7 Å². The fourth-order valence-electron chi connectivity index (χ4n) is 2.38. The molecule has 17 heavy (non-hydrogen) atoms. The van der Waals surface area contributed by atoms with Crippen LogP contribution in [0.25, 0.3) is 0 Å². The van der Waals surface area contributed by atoms with E-state index in [-0.39, 0.29) is 11.3 Å². The average molecular weight is 316 g/mol. The van der Waals surface area contributed by atoms with Crippen LogP contribution in [0.15, 0.2) is 22.7 Å². The Morgan fingerprint density at radius 1 is 1.24 bits per heavy atom. The third-order valence-electron chi connectivity index (χ3n) is 3.45. The number of rotatable bonds is 3. The SMILES string of the molecule is O=S(=O)(NC1CCc2cc(Br)ccc21)C1CC1. The Balaban J connectivity index is 1.84. The van der Waals surface area contributed by atoms with Crippen molar-refractivity contribution in [2.45, 2.75) is 37.0 Å². The number of aryl methyl sites for hydroxylation is 1. The summed E-state index contributed by atoms with van der Waals surface area (Å²) in [4.78, 5) is 0. The second-order valence-electron chi connectivity index (χ2n) is 4.80. The zero-order valence-corrected chi connectivity index (χ0v) is 11.7. The van der Waals surface area contributed by atoms with Gasteiger partial charge in [-0.15, -0.1) is 0 Å². The van der Waals surface area contributed by atoms with Gasteiger partial charge in [0.25, 0.3) is 0 Å². The first-order valence-corrected chi connectivity index (χ1v) is 8.20. The largest absolute Gasteiger partial charge is 0.215 e. The van der Waals surface area contributed by atoms with Gasteiger partial charge in [-0.25, -0.2) is 13.1 Å². The maximum absolute atomic E-state index is 11.9. The van der Waals surface area contributed by atoms with Crippen molar-refractivity contribution in [1.29, 1.82) is 0 Å². The van der Waals surface area contributed by atoms with E-state index in [0.29, 0.717) is 0 Å². The van der Waals surface area contributed by atoms with Crippen molar-refractivity contribution in [2.75, 3.05) is 0 Å². The standard InChI is InChI=1S/C12H14BrNO2S/c13-9-2-5-11-8(7-9)1-6-12(11)14-17(15,16)10-3-4-10/h2,5,7,10,12,14H,1,3-4,6H2. The Morgan fingerprint density at radius 2 is 2.00 bits per heavy atom. The van der Waals surface area contributed by atoms with Crippen LogP contribution < -0.4 is 4.72 Å². The lowest BCUT2D eigenvalue weighted by Gasteiger charge is -2.14. The van der Waals surface area contributed by atoms with Gasteiger partial charge in [0.05, 0.1) is 5.25 Å². The van der Waals surface area contributed by atoms with Crippen LogP contribution in [0.2, 0.25) is 0 Å². The number of hydrogen-bond donors (Lipinski definition) is 1. The van der Waals surface area contributed by atoms with E-state index in [1.165, 1.54) is 5.56 Å². The van der Waals surface area contributed by atoms with Crippen LogP contribution in [-0.4, -0.2) is 13.7 Å². The summed E-state index contributed by atoms with van der Waals surface area (Å²) in [5.41, 5.74) is 2.39. The molecule has 3 rings (SSSR count). The number of hydrogen-bond acceptors (Lipinski definition) is 2. The highest BCUT2D eigenvalue weighted by Crippen LogP contribution is 2.35. The van der Waals surface area contributed by atoms with Gasteiger partial charge in [0.2, 0.25) is 10.0 Å². The summed E-state index contributed by atoms with van der Waals surface area (Å²) >= 11 is 3.44. The molecule has 0 saturated heterocycles. The molecule has 0 aliphatic heterocycles. The highest BCUT2D eigenvalue weighted by molar-refractivity contribution is 9.10. The molecule has 0 aromatic heterocycles. The molecule has 1 fully saturated rings. The molecule has 0 heterocycles. The average Bonchev–Trinajstić information content (AvgIpc) is 3.04. The van der Waals surface area contributed by atoms with Crippen LogP contribution in [0, 0.1) is 0 Å². The predicted molar refractivity (Wildman–Crippen MR) is 70.3 cm³/mol. The van der Waals surface area contributed by atoms with Gasteiger partial charge in [-0.05, 0) is 48.9 Å². The van der Waals surface area contributed by atoms with Crippen molar-refractivity contribution >= 4 is 26.0 Å². The van der Waals surface area contributed by atoms with Crippen LogP contribution in [-0.2, 0) is 16.4 Å². The Labute approximate surface area is 110 Å². The number of nitrogens with one attached hydrogen (secondary N) is 1. The molecule has 3 nitrogen and oxygen atoms in total. The fraction of sp³-hybridized carbons (Fsp3) is 0.500. The molecular formula is C12H14BrNO2S. The first-order valence-electron chi connectivity index (χ1n) is 5.86. The summed E-state index contributed by atoms with van der Waals surface area (Å²) in [7, 11) is -3.09. The molecule has 0 bridgehead atoms. The molecule has 1 aromatic rings. The van der Waals surface area contributed by atoms with Gasteiger partial charge in [-0.2, -0.15) is 0 Å². The normalized spacial score (nSPS) is 23.7. The van der Waals surface area contributed by atoms with Gasteiger partial charge in [-0.1, -0.05) is 22.0 Å². The molecule has 5 heteroatoms. The zero-order valence-electron chi connectivity index (χ0n) is 9.32. The van der Waals surface area contributed by atoms with E-state index in [1.807, 2.05) is 12.1 Å². The van der Waals surface area contributed by atoms with Crippen LogP contribution in [0.4, 0.5) is 0 Å². The van der Waals surface area contributed by atoms with Crippen molar-refractivity contribution in [1.82, 2.24) is 4.72 Å². The molecule has 1 aromatic carbocycles. The lowest BCUT2D eigenvalue weighted by atomic mass is 10.1. The van der Waals surface area contributed by atoms with Crippen LogP contribution in [0.1, 0.15) is 36.4 Å². The van der Waals surface area contributed by atoms with Gasteiger partial charge >= 0.3 is 0 Å². The Bertz CT molecular complexity index is 552. The van der Waals surface area contributed by atoms with Gasteiger partial charge < -0.3 is 0 Å². The van der Waals surface area contributed by atoms with E-state index in [4.69, 9.17) is 0 Å². The summed E-state index contributed by atoms with van der Waals surface area (Å²) < 4.78 is 27.7. The van der Waals surface area contributed by atoms with Crippen molar-refractivity contribution in [3.63, 3.8) is 0 Å². The number of fused-ring (bicyclic) bond motifs is 1. The van der Waals surface area contributed by atoms with E-state index in [9.17, 15) is 8.42 Å². The van der Waals surface area contributed by atoms with Crippen molar-refractivity contribution < 1.29 is 8.42 Å². The molecule has 92 valence electrons. The Morgan fingerprint density at radius 3 is 2.71 bits per heavy atom. The van der Waals surface area contributed by atoms with Gasteiger partial charge in [-0.3, -0.25) is 0 Å². The minimum atomic E-state index is -3.09. The molecule has 1 saturated carbocycles. The molecule has 2 aliphatic carbocycles. The molecule has 2 aliphatic rings. The summed E-state index contributed by atoms with van der Waals surface area (Å²) in [6, 6.07) is 6.05. The summed E-state index contributed by atoms with van der Waals surface area (Å²) in [6.07, 6.45) is 3.45. The maximum atomic E-state index is 11.9. The highest BCUT2D eigenvalue weighted by atomic mass is 79.9. The monoisotopic (exact) mass is 315 g/mol. The quantitative estimate of drug-likeness (QED) is 0.931. The molecule has 0 radical (unpaired) electrons. The van der Waals surface area contributed by atoms with Gasteiger partial charge in [0, 0.05) is 10.5 Å². The lowest BCUT2D eigenvalue weighted by Crippen LogP contribution is -2.30. The van der Waals surface area contributed by atoms with Crippen LogP contribution in [0.3, 0.4) is 0 Å². The van der Waals surface area contributed by atoms with Crippen molar-refractivity contribution in [3.8, 4) is 0 Å². The minimum absolute atomic E-state index is 0.0244. The molecule has 1 atom stereocenters. The van der Waals surface area contributed by atoms with E-state index in [1.54, 1.807) is 0 Å². The second-order valence-corrected chi connectivity index (χ2v) is 7.70. The molecule has 0 amide bonds. The maximum Gasteiger partial charge on any atom is 0.215 e. The first kappa shape index (κ1) is 11.7. The second kappa shape index (κ2) is 4.07. The molecule has 1 N–H and O–H groups in total. The van der Waals surface area contributed by atoms with Crippen molar-refractivity contribution in [3.05, 3.63) is 33.8 Å². The third kappa shape index (κ3) is 2.28. The summed E-state index contributed by atoms with van der Waals surface area (Å²) in [6.45, 7) is 0. The lowest BCUT2D eigenvalue weighted by molar-refractivity contribution is 0.553. The predicted octanol–water partition coefficient (Wildman–Crippen LogP) is 2.52. The number of sulfonamides is 1. The topological polar surface area (TPSA) is 46.2 Å². The molecule has 0 spiro atoms. The van der Waals surface area contributed by atoms with E-state index >= 15 is 0 Å². The Hall–Kier alpha value is -0.390. The van der Waals surface area contributed by atoms with Gasteiger partial charge in [0.1, 0.15) is 0 Å². The van der Waals surface area contributed by atoms with E-state index < -0.39 is 10.0 Å². The number of halogens is 1. The van der Waals surface area contributed by atoms with Gasteiger partial charge in [0.15, 0.2) is 0 Å². The third-order valence-corrected chi connectivity index (χ3v) is 5.91. The van der Waals surface area contributed by atoms with Crippen LogP contribution in [0.5, 0.6) is 0 Å². The highest BCUT2D eigenvalue weighted by Gasteiger charge is 2.38.